The lowest BCUT2D eigenvalue weighted by atomic mass is 10.1. The highest BCUT2D eigenvalue weighted by Crippen LogP contribution is 2.33. The number of H-pyrrole nitrogens is 1. The fraction of sp³-hybridized carbons (Fsp3) is 0.0500. The predicted octanol–water partition coefficient (Wildman–Crippen LogP) is 4.74. The molecule has 0 unspecified atom stereocenters. The summed E-state index contributed by atoms with van der Waals surface area (Å²) >= 11 is 12.1. The molecule has 0 radical (unpaired) electrons. The van der Waals surface area contributed by atoms with Crippen molar-refractivity contribution in [3.8, 4) is 11.3 Å². The lowest BCUT2D eigenvalue weighted by Crippen LogP contribution is -2.16. The van der Waals surface area contributed by atoms with Crippen LogP contribution in [0.25, 0.3) is 22.2 Å². The van der Waals surface area contributed by atoms with Gasteiger partial charge in [0.05, 0.1) is 20.5 Å². The molecule has 2 N–H and O–H groups in total. The first-order chi connectivity index (χ1) is 14.6. The Balaban J connectivity index is 1.77. The van der Waals surface area contributed by atoms with E-state index in [-0.39, 0.29) is 15.5 Å². The number of halogens is 2. The molecule has 0 amide bonds. The van der Waals surface area contributed by atoms with E-state index < -0.39 is 19.9 Å². The Hall–Kier alpha value is -2.59. The van der Waals surface area contributed by atoms with Crippen LogP contribution in [0.15, 0.2) is 70.5 Å². The molecule has 0 aliphatic heterocycles. The maximum atomic E-state index is 12.9. The van der Waals surface area contributed by atoms with E-state index >= 15 is 0 Å². The number of aromatic nitrogens is 2. The van der Waals surface area contributed by atoms with E-state index in [1.54, 1.807) is 36.4 Å². The van der Waals surface area contributed by atoms with E-state index in [0.717, 1.165) is 6.26 Å². The average Bonchev–Trinajstić information content (AvgIpc) is 3.12. The zero-order valence-electron chi connectivity index (χ0n) is 15.9. The van der Waals surface area contributed by atoms with Crippen LogP contribution in [0.3, 0.4) is 0 Å². The summed E-state index contributed by atoms with van der Waals surface area (Å²) in [7, 11) is -7.91. The van der Waals surface area contributed by atoms with Crippen LogP contribution in [0.2, 0.25) is 10.0 Å². The van der Waals surface area contributed by atoms with Gasteiger partial charge in [0.1, 0.15) is 10.6 Å². The van der Waals surface area contributed by atoms with Crippen molar-refractivity contribution in [3.05, 3.63) is 70.7 Å². The number of fused-ring (bicyclic) bond motifs is 1. The minimum atomic E-state index is -4.17. The summed E-state index contributed by atoms with van der Waals surface area (Å²) in [4.78, 5) is -0.599. The lowest BCUT2D eigenvalue weighted by molar-refractivity contribution is 0.588. The molecule has 0 atom stereocenters. The molecule has 11 heteroatoms. The van der Waals surface area contributed by atoms with Crippen molar-refractivity contribution in [2.45, 2.75) is 9.79 Å². The Morgan fingerprint density at radius 2 is 1.58 bits per heavy atom. The zero-order valence-corrected chi connectivity index (χ0v) is 19.1. The Bertz CT molecular complexity index is 1530. The van der Waals surface area contributed by atoms with Crippen LogP contribution < -0.4 is 4.72 Å². The van der Waals surface area contributed by atoms with Crippen LogP contribution in [0.4, 0.5) is 5.69 Å². The third kappa shape index (κ3) is 4.27. The molecule has 4 aromatic rings. The maximum absolute atomic E-state index is 12.9. The van der Waals surface area contributed by atoms with Crippen LogP contribution in [-0.2, 0) is 19.9 Å². The second kappa shape index (κ2) is 7.83. The van der Waals surface area contributed by atoms with Gasteiger partial charge in [-0.05, 0) is 42.5 Å². The van der Waals surface area contributed by atoms with Crippen molar-refractivity contribution in [1.29, 1.82) is 0 Å². The number of hydrogen-bond donors (Lipinski definition) is 2. The van der Waals surface area contributed by atoms with Gasteiger partial charge in [0.15, 0.2) is 9.84 Å². The highest BCUT2D eigenvalue weighted by Gasteiger charge is 2.24. The molecule has 0 bridgehead atoms. The highest BCUT2D eigenvalue weighted by atomic mass is 35.5. The van der Waals surface area contributed by atoms with Gasteiger partial charge >= 0.3 is 0 Å². The number of rotatable bonds is 5. The Morgan fingerprint density at radius 3 is 2.26 bits per heavy atom. The van der Waals surface area contributed by atoms with Gasteiger partial charge in [0.2, 0.25) is 0 Å². The number of nitrogens with zero attached hydrogens (tertiary/aromatic N) is 1. The number of sulfonamides is 1. The average molecular weight is 496 g/mol. The lowest BCUT2D eigenvalue weighted by Gasteiger charge is -2.11. The SMILES string of the molecule is CS(=O)(=O)c1ccccc1S(=O)(=O)Nc1ccc2[nH]nc(-c3ccc(Cl)c(Cl)c3)c2c1. The number of nitrogens with one attached hydrogen (secondary N) is 2. The van der Waals surface area contributed by atoms with E-state index in [0.29, 0.717) is 32.2 Å². The Kier molecular flexibility index (Phi) is 5.47. The van der Waals surface area contributed by atoms with Crippen LogP contribution in [0.1, 0.15) is 0 Å². The second-order valence-corrected chi connectivity index (χ2v) is 11.2. The molecule has 0 aliphatic carbocycles. The van der Waals surface area contributed by atoms with Gasteiger partial charge in [0, 0.05) is 22.9 Å². The van der Waals surface area contributed by atoms with E-state index in [2.05, 4.69) is 14.9 Å². The van der Waals surface area contributed by atoms with Gasteiger partial charge in [-0.15, -0.1) is 0 Å². The first kappa shape index (κ1) is 21.6. The van der Waals surface area contributed by atoms with Gasteiger partial charge in [-0.3, -0.25) is 9.82 Å². The Labute approximate surface area is 189 Å². The quantitative estimate of drug-likeness (QED) is 0.415. The summed E-state index contributed by atoms with van der Waals surface area (Å²) in [6, 6.07) is 15.3. The molecule has 160 valence electrons. The molecule has 1 aromatic heterocycles. The van der Waals surface area contributed by atoms with Crippen LogP contribution in [0, 0.1) is 0 Å². The fourth-order valence-electron chi connectivity index (χ4n) is 3.13. The van der Waals surface area contributed by atoms with Crippen molar-refractivity contribution < 1.29 is 16.8 Å². The summed E-state index contributed by atoms with van der Waals surface area (Å²) in [6.07, 6.45) is 0.961. The summed E-state index contributed by atoms with van der Waals surface area (Å²) in [5, 5.41) is 8.60. The summed E-state index contributed by atoms with van der Waals surface area (Å²) in [6.45, 7) is 0. The summed E-state index contributed by atoms with van der Waals surface area (Å²) in [5.41, 5.74) is 2.19. The van der Waals surface area contributed by atoms with E-state index in [9.17, 15) is 16.8 Å². The van der Waals surface area contributed by atoms with Gasteiger partial charge in [0.25, 0.3) is 10.0 Å². The van der Waals surface area contributed by atoms with Crippen molar-refractivity contribution in [2.24, 2.45) is 0 Å². The first-order valence-electron chi connectivity index (χ1n) is 8.82. The van der Waals surface area contributed by atoms with Crippen molar-refractivity contribution in [1.82, 2.24) is 10.2 Å². The van der Waals surface area contributed by atoms with Crippen LogP contribution in [-0.4, -0.2) is 33.3 Å². The first-order valence-corrected chi connectivity index (χ1v) is 12.9. The third-order valence-electron chi connectivity index (χ3n) is 4.55. The van der Waals surface area contributed by atoms with Crippen molar-refractivity contribution in [2.75, 3.05) is 11.0 Å². The molecule has 1 heterocycles. The molecule has 0 saturated heterocycles. The second-order valence-electron chi connectivity index (χ2n) is 6.79. The molecule has 31 heavy (non-hydrogen) atoms. The predicted molar refractivity (Wildman–Crippen MR) is 122 cm³/mol. The molecule has 4 rings (SSSR count). The maximum Gasteiger partial charge on any atom is 0.263 e. The number of anilines is 1. The number of benzene rings is 3. The molecule has 0 spiro atoms. The van der Waals surface area contributed by atoms with Gasteiger partial charge in [-0.1, -0.05) is 41.4 Å². The number of hydrogen-bond acceptors (Lipinski definition) is 5. The highest BCUT2D eigenvalue weighted by molar-refractivity contribution is 7.95. The fourth-order valence-corrected chi connectivity index (χ4v) is 6.11. The smallest absolute Gasteiger partial charge is 0.263 e. The van der Waals surface area contributed by atoms with E-state index in [4.69, 9.17) is 23.2 Å². The van der Waals surface area contributed by atoms with E-state index in [1.165, 1.54) is 24.3 Å². The zero-order chi connectivity index (χ0) is 22.4. The molecular weight excluding hydrogens is 481 g/mol. The minimum Gasteiger partial charge on any atom is -0.280 e. The standard InChI is InChI=1S/C20H15Cl2N3O4S2/c1-30(26,27)18-4-2-3-5-19(18)31(28,29)25-13-7-9-17-14(11-13)20(24-23-17)12-6-8-15(21)16(22)10-12/h2-11,25H,1H3,(H,23,24). The Morgan fingerprint density at radius 1 is 0.871 bits per heavy atom. The molecule has 0 fully saturated rings. The topological polar surface area (TPSA) is 109 Å². The molecule has 3 aromatic carbocycles. The summed E-state index contributed by atoms with van der Waals surface area (Å²) < 4.78 is 52.4. The number of aromatic amines is 1. The molecule has 0 aliphatic rings. The minimum absolute atomic E-state index is 0.249. The molecule has 7 nitrogen and oxygen atoms in total. The normalized spacial score (nSPS) is 12.2. The number of sulfone groups is 1. The van der Waals surface area contributed by atoms with Crippen molar-refractivity contribution >= 4 is 59.7 Å². The third-order valence-corrected chi connectivity index (χ3v) is 8.01. The summed E-state index contributed by atoms with van der Waals surface area (Å²) in [5.74, 6) is 0. The van der Waals surface area contributed by atoms with Gasteiger partial charge in [-0.25, -0.2) is 16.8 Å². The van der Waals surface area contributed by atoms with Gasteiger partial charge in [-0.2, -0.15) is 5.10 Å². The largest absolute Gasteiger partial charge is 0.280 e. The van der Waals surface area contributed by atoms with Crippen LogP contribution >= 0.6 is 23.2 Å². The van der Waals surface area contributed by atoms with Crippen LogP contribution in [0.5, 0.6) is 0 Å². The van der Waals surface area contributed by atoms with E-state index in [1.807, 2.05) is 0 Å². The monoisotopic (exact) mass is 495 g/mol. The van der Waals surface area contributed by atoms with Gasteiger partial charge < -0.3 is 0 Å². The van der Waals surface area contributed by atoms with Crippen molar-refractivity contribution in [3.63, 3.8) is 0 Å². The molecular formula is C20H15Cl2N3O4S2. The molecule has 0 saturated carbocycles.